The number of rotatable bonds is 4. The van der Waals surface area contributed by atoms with Gasteiger partial charge in [0.15, 0.2) is 5.82 Å². The van der Waals surface area contributed by atoms with Gasteiger partial charge in [-0.3, -0.25) is 9.59 Å². The first kappa shape index (κ1) is 20.1. The number of nitrogens with one attached hydrogen (secondary N) is 1. The minimum Gasteiger partial charge on any atom is -0.383 e. The third kappa shape index (κ3) is 4.43. The van der Waals surface area contributed by atoms with Gasteiger partial charge in [0.2, 0.25) is 0 Å². The van der Waals surface area contributed by atoms with Crippen molar-refractivity contribution in [2.75, 3.05) is 17.7 Å². The molecule has 0 saturated heterocycles. The Hall–Kier alpha value is -3.68. The summed E-state index contributed by atoms with van der Waals surface area (Å²) in [5.41, 5.74) is 7.23. The van der Waals surface area contributed by atoms with E-state index in [9.17, 15) is 9.59 Å². The summed E-state index contributed by atoms with van der Waals surface area (Å²) >= 11 is 0. The Balaban J connectivity index is 1.79. The van der Waals surface area contributed by atoms with Gasteiger partial charge in [0.25, 0.3) is 11.8 Å². The Morgan fingerprint density at radius 2 is 1.79 bits per heavy atom. The molecule has 150 valence electrons. The Bertz CT molecular complexity index is 1020. The molecule has 0 spiro atoms. The van der Waals surface area contributed by atoms with Gasteiger partial charge in [0.1, 0.15) is 11.4 Å². The normalized spacial score (nSPS) is 11.2. The number of pyridine rings is 1. The fraction of sp³-hybridized carbons (Fsp3) is 0.238. The van der Waals surface area contributed by atoms with Crippen molar-refractivity contribution < 1.29 is 9.59 Å². The van der Waals surface area contributed by atoms with Crippen molar-refractivity contribution in [3.63, 3.8) is 0 Å². The number of amides is 2. The molecule has 3 aromatic rings. The van der Waals surface area contributed by atoms with Crippen LogP contribution in [0.25, 0.3) is 5.82 Å². The second kappa shape index (κ2) is 7.75. The van der Waals surface area contributed by atoms with E-state index in [0.717, 1.165) is 0 Å². The lowest BCUT2D eigenvalue weighted by Crippen LogP contribution is -2.40. The predicted molar refractivity (Wildman–Crippen MR) is 112 cm³/mol. The first-order chi connectivity index (χ1) is 13.7. The van der Waals surface area contributed by atoms with Crippen LogP contribution in [0.1, 0.15) is 41.5 Å². The van der Waals surface area contributed by atoms with Gasteiger partial charge in [-0.2, -0.15) is 9.78 Å². The number of anilines is 2. The van der Waals surface area contributed by atoms with E-state index in [1.165, 1.54) is 15.8 Å². The molecule has 3 N–H and O–H groups in total. The van der Waals surface area contributed by atoms with Gasteiger partial charge >= 0.3 is 0 Å². The van der Waals surface area contributed by atoms with Gasteiger partial charge in [0.05, 0.1) is 6.20 Å². The van der Waals surface area contributed by atoms with Crippen LogP contribution in [-0.2, 0) is 0 Å². The number of nitrogens with zero attached hydrogens (tertiary/aromatic N) is 4. The first-order valence-electron chi connectivity index (χ1n) is 9.13. The molecule has 0 atom stereocenters. The average molecular weight is 392 g/mol. The Morgan fingerprint density at radius 1 is 1.10 bits per heavy atom. The van der Waals surface area contributed by atoms with Crippen molar-refractivity contribution in [3.05, 3.63) is 66.0 Å². The summed E-state index contributed by atoms with van der Waals surface area (Å²) < 4.78 is 1.42. The highest BCUT2D eigenvalue weighted by atomic mass is 16.2. The van der Waals surface area contributed by atoms with Crippen LogP contribution in [0, 0.1) is 0 Å². The summed E-state index contributed by atoms with van der Waals surface area (Å²) in [6.07, 6.45) is 3.05. The number of hydrogen-bond donors (Lipinski definition) is 2. The molecule has 0 unspecified atom stereocenters. The van der Waals surface area contributed by atoms with Crippen LogP contribution in [0.15, 0.2) is 54.9 Å². The molecule has 0 aliphatic heterocycles. The van der Waals surface area contributed by atoms with Crippen LogP contribution >= 0.6 is 0 Å². The maximum atomic E-state index is 12.9. The van der Waals surface area contributed by atoms with Crippen LogP contribution in [0.2, 0.25) is 0 Å². The standard InChI is InChI=1S/C21H24N6O2/c1-21(2,3)25-19(28)14-8-10-15(11-9-14)26(4)20(29)16-13-24-27(18(16)22)17-7-5-6-12-23-17/h5-13H,22H2,1-4H3,(H,25,28). The predicted octanol–water partition coefficient (Wildman–Crippen LogP) is 2.65. The van der Waals surface area contributed by atoms with E-state index in [1.54, 1.807) is 49.6 Å². The SMILES string of the molecule is CN(C(=O)c1cnn(-c2ccccn2)c1N)c1ccc(C(=O)NC(C)(C)C)cc1. The van der Waals surface area contributed by atoms with Crippen molar-refractivity contribution in [2.24, 2.45) is 0 Å². The van der Waals surface area contributed by atoms with E-state index in [0.29, 0.717) is 17.1 Å². The Morgan fingerprint density at radius 3 is 2.38 bits per heavy atom. The zero-order chi connectivity index (χ0) is 21.2. The first-order valence-corrected chi connectivity index (χ1v) is 9.13. The van der Waals surface area contributed by atoms with Gasteiger partial charge < -0.3 is 16.0 Å². The van der Waals surface area contributed by atoms with E-state index in [-0.39, 0.29) is 28.7 Å². The Labute approximate surface area is 169 Å². The summed E-state index contributed by atoms with van der Waals surface area (Å²) in [6.45, 7) is 5.75. The largest absolute Gasteiger partial charge is 0.383 e. The van der Waals surface area contributed by atoms with Crippen LogP contribution in [0.4, 0.5) is 11.5 Å². The number of benzene rings is 1. The summed E-state index contributed by atoms with van der Waals surface area (Å²) in [7, 11) is 1.64. The second-order valence-electron chi connectivity index (χ2n) is 7.66. The van der Waals surface area contributed by atoms with Gasteiger partial charge in [-0.15, -0.1) is 0 Å². The zero-order valence-electron chi connectivity index (χ0n) is 16.9. The molecule has 29 heavy (non-hydrogen) atoms. The maximum Gasteiger partial charge on any atom is 0.263 e. The molecule has 0 aliphatic rings. The lowest BCUT2D eigenvalue weighted by Gasteiger charge is -2.21. The van der Waals surface area contributed by atoms with Crippen LogP contribution in [0.3, 0.4) is 0 Å². The molecule has 0 saturated carbocycles. The van der Waals surface area contributed by atoms with E-state index in [2.05, 4.69) is 15.4 Å². The van der Waals surface area contributed by atoms with Crippen molar-refractivity contribution in [2.45, 2.75) is 26.3 Å². The quantitative estimate of drug-likeness (QED) is 0.710. The molecule has 8 heteroatoms. The second-order valence-corrected chi connectivity index (χ2v) is 7.66. The van der Waals surface area contributed by atoms with Gasteiger partial charge in [-0.05, 0) is 57.2 Å². The van der Waals surface area contributed by atoms with E-state index in [4.69, 9.17) is 5.73 Å². The highest BCUT2D eigenvalue weighted by molar-refractivity contribution is 6.08. The van der Waals surface area contributed by atoms with Crippen molar-refractivity contribution in [1.82, 2.24) is 20.1 Å². The monoisotopic (exact) mass is 392 g/mol. The maximum absolute atomic E-state index is 12.9. The molecule has 2 heterocycles. The lowest BCUT2D eigenvalue weighted by molar-refractivity contribution is 0.0919. The van der Waals surface area contributed by atoms with Crippen LogP contribution in [-0.4, -0.2) is 39.2 Å². The van der Waals surface area contributed by atoms with E-state index < -0.39 is 0 Å². The van der Waals surface area contributed by atoms with Crippen molar-refractivity contribution in [3.8, 4) is 5.82 Å². The summed E-state index contributed by atoms with van der Waals surface area (Å²) in [5, 5.41) is 7.09. The van der Waals surface area contributed by atoms with Crippen LogP contribution < -0.4 is 16.0 Å². The lowest BCUT2D eigenvalue weighted by atomic mass is 10.1. The number of aromatic nitrogens is 3. The van der Waals surface area contributed by atoms with Crippen molar-refractivity contribution >= 4 is 23.3 Å². The molecule has 2 aromatic heterocycles. The van der Waals surface area contributed by atoms with Gasteiger partial charge in [-0.1, -0.05) is 6.07 Å². The number of carbonyl (C=O) groups excluding carboxylic acids is 2. The number of nitrogen functional groups attached to an aromatic ring is 1. The highest BCUT2D eigenvalue weighted by Gasteiger charge is 2.21. The van der Waals surface area contributed by atoms with Crippen molar-refractivity contribution in [1.29, 1.82) is 0 Å². The molecular weight excluding hydrogens is 368 g/mol. The summed E-state index contributed by atoms with van der Waals surface area (Å²) in [4.78, 5) is 30.8. The molecule has 3 rings (SSSR count). The third-order valence-corrected chi connectivity index (χ3v) is 4.21. The van der Waals surface area contributed by atoms with E-state index >= 15 is 0 Å². The van der Waals surface area contributed by atoms with Gasteiger partial charge in [-0.25, -0.2) is 4.98 Å². The zero-order valence-corrected chi connectivity index (χ0v) is 16.9. The minimum absolute atomic E-state index is 0.168. The fourth-order valence-corrected chi connectivity index (χ4v) is 2.73. The fourth-order valence-electron chi connectivity index (χ4n) is 2.73. The molecule has 0 bridgehead atoms. The Kier molecular flexibility index (Phi) is 5.36. The number of nitrogens with two attached hydrogens (primary N) is 1. The molecule has 0 radical (unpaired) electrons. The summed E-state index contributed by atoms with van der Waals surface area (Å²) in [6, 6.07) is 12.1. The third-order valence-electron chi connectivity index (χ3n) is 4.21. The number of carbonyl (C=O) groups is 2. The molecule has 8 nitrogen and oxygen atoms in total. The molecular formula is C21H24N6O2. The van der Waals surface area contributed by atoms with Crippen LogP contribution in [0.5, 0.6) is 0 Å². The van der Waals surface area contributed by atoms with Gasteiger partial charge in [0, 0.05) is 30.0 Å². The minimum atomic E-state index is -0.326. The smallest absolute Gasteiger partial charge is 0.263 e. The highest BCUT2D eigenvalue weighted by Crippen LogP contribution is 2.21. The molecule has 2 amide bonds. The average Bonchev–Trinajstić information content (AvgIpc) is 3.07. The molecule has 0 aliphatic carbocycles. The number of hydrogen-bond acceptors (Lipinski definition) is 5. The summed E-state index contributed by atoms with van der Waals surface area (Å²) in [5.74, 6) is 0.262. The topological polar surface area (TPSA) is 106 Å². The molecule has 0 fully saturated rings. The van der Waals surface area contributed by atoms with E-state index in [1.807, 2.05) is 26.8 Å². The molecule has 1 aromatic carbocycles.